The fourth-order valence-electron chi connectivity index (χ4n) is 1.92. The molecule has 0 atom stereocenters. The molecule has 0 aromatic heterocycles. The van der Waals surface area contributed by atoms with E-state index >= 15 is 0 Å². The summed E-state index contributed by atoms with van der Waals surface area (Å²) in [5.41, 5.74) is 8.49. The molecule has 0 bridgehead atoms. The Morgan fingerprint density at radius 2 is 1.90 bits per heavy atom. The summed E-state index contributed by atoms with van der Waals surface area (Å²) in [6, 6.07) is 12.0. The van der Waals surface area contributed by atoms with Crippen molar-refractivity contribution in [1.82, 2.24) is 0 Å². The summed E-state index contributed by atoms with van der Waals surface area (Å²) in [5.74, 6) is -0.616. The molecule has 1 amide bonds. The molecule has 0 aliphatic heterocycles. The molecule has 0 aliphatic carbocycles. The van der Waals surface area contributed by atoms with E-state index < -0.39 is 5.82 Å². The molecule has 104 valence electrons. The van der Waals surface area contributed by atoms with Gasteiger partial charge in [-0.2, -0.15) is 0 Å². The number of amides is 1. The predicted octanol–water partition coefficient (Wildman–Crippen LogP) is 3.29. The van der Waals surface area contributed by atoms with E-state index in [1.54, 1.807) is 0 Å². The number of aryl methyl sites for hydroxylation is 2. The molecule has 0 fully saturated rings. The quantitative estimate of drug-likeness (QED) is 0.839. The van der Waals surface area contributed by atoms with Crippen LogP contribution < -0.4 is 11.1 Å². The third-order valence-corrected chi connectivity index (χ3v) is 2.97. The molecule has 0 radical (unpaired) electrons. The summed E-state index contributed by atoms with van der Waals surface area (Å²) in [5, 5.41) is 2.65. The smallest absolute Gasteiger partial charge is 0.224 e. The molecule has 0 spiro atoms. The van der Waals surface area contributed by atoms with Crippen LogP contribution in [0.15, 0.2) is 42.5 Å². The zero-order chi connectivity index (χ0) is 14.5. The molecule has 3 N–H and O–H groups in total. The van der Waals surface area contributed by atoms with Crippen LogP contribution in [0.3, 0.4) is 0 Å². The summed E-state index contributed by atoms with van der Waals surface area (Å²) < 4.78 is 13.1. The van der Waals surface area contributed by atoms with Crippen molar-refractivity contribution in [3.8, 4) is 0 Å². The number of hydrogen-bond acceptors (Lipinski definition) is 2. The van der Waals surface area contributed by atoms with Crippen LogP contribution in [-0.2, 0) is 11.2 Å². The first-order chi connectivity index (χ1) is 9.52. The average molecular weight is 272 g/mol. The second-order valence-corrected chi connectivity index (χ2v) is 4.81. The van der Waals surface area contributed by atoms with Gasteiger partial charge in [0.1, 0.15) is 5.82 Å². The molecule has 2 aromatic carbocycles. The summed E-state index contributed by atoms with van der Waals surface area (Å²) in [4.78, 5) is 11.8. The number of halogens is 1. The molecule has 2 aromatic rings. The molecule has 2 rings (SSSR count). The topological polar surface area (TPSA) is 55.1 Å². The van der Waals surface area contributed by atoms with Gasteiger partial charge < -0.3 is 11.1 Å². The third kappa shape index (κ3) is 4.09. The van der Waals surface area contributed by atoms with Gasteiger partial charge in [0.05, 0.1) is 0 Å². The molecule has 0 unspecified atom stereocenters. The highest BCUT2D eigenvalue weighted by Crippen LogP contribution is 2.16. The van der Waals surface area contributed by atoms with Crippen molar-refractivity contribution >= 4 is 17.3 Å². The van der Waals surface area contributed by atoms with E-state index in [-0.39, 0.29) is 5.91 Å². The van der Waals surface area contributed by atoms with Gasteiger partial charge in [0.2, 0.25) is 5.91 Å². The normalized spacial score (nSPS) is 10.3. The summed E-state index contributed by atoms with van der Waals surface area (Å²) in [6.45, 7) is 2.02. The number of carbonyl (C=O) groups is 1. The van der Waals surface area contributed by atoms with Crippen LogP contribution in [0.25, 0.3) is 0 Å². The van der Waals surface area contributed by atoms with Crippen LogP contribution in [0, 0.1) is 12.7 Å². The largest absolute Gasteiger partial charge is 0.399 e. The van der Waals surface area contributed by atoms with Crippen molar-refractivity contribution in [2.75, 3.05) is 11.1 Å². The van der Waals surface area contributed by atoms with Gasteiger partial charge in [0, 0.05) is 17.8 Å². The van der Waals surface area contributed by atoms with Crippen LogP contribution in [0.4, 0.5) is 15.8 Å². The molecule has 0 saturated heterocycles. The number of benzene rings is 2. The lowest BCUT2D eigenvalue weighted by molar-refractivity contribution is -0.116. The Balaban J connectivity index is 1.90. The Morgan fingerprint density at radius 1 is 1.20 bits per heavy atom. The van der Waals surface area contributed by atoms with Gasteiger partial charge in [0.25, 0.3) is 0 Å². The minimum Gasteiger partial charge on any atom is -0.399 e. The van der Waals surface area contributed by atoms with Crippen molar-refractivity contribution in [3.05, 3.63) is 59.4 Å². The number of carbonyl (C=O) groups excluding carboxylic acids is 1. The van der Waals surface area contributed by atoms with Gasteiger partial charge in [-0.15, -0.1) is 0 Å². The maximum absolute atomic E-state index is 13.1. The second-order valence-electron chi connectivity index (χ2n) is 4.81. The Hall–Kier alpha value is -2.36. The van der Waals surface area contributed by atoms with E-state index in [1.165, 1.54) is 23.8 Å². The minimum absolute atomic E-state index is 0.157. The second kappa shape index (κ2) is 6.19. The number of hydrogen-bond donors (Lipinski definition) is 2. The maximum atomic E-state index is 13.1. The van der Waals surface area contributed by atoms with E-state index in [9.17, 15) is 9.18 Å². The zero-order valence-corrected chi connectivity index (χ0v) is 11.3. The zero-order valence-electron chi connectivity index (χ0n) is 11.3. The average Bonchev–Trinajstić information content (AvgIpc) is 2.37. The Morgan fingerprint density at radius 3 is 2.55 bits per heavy atom. The third-order valence-electron chi connectivity index (χ3n) is 2.97. The number of rotatable bonds is 4. The fraction of sp³-hybridized carbons (Fsp3) is 0.188. The van der Waals surface area contributed by atoms with Gasteiger partial charge in [0.15, 0.2) is 0 Å². The standard InChI is InChI=1S/C16H17FN2O/c1-11-2-4-12(5-3-11)6-7-16(20)19-15-9-13(17)8-14(18)10-15/h2-5,8-10H,6-7,18H2,1H3,(H,19,20). The molecular weight excluding hydrogens is 255 g/mol. The molecule has 0 heterocycles. The first-order valence-corrected chi connectivity index (χ1v) is 6.44. The molecule has 3 nitrogen and oxygen atoms in total. The molecule has 4 heteroatoms. The van der Waals surface area contributed by atoms with E-state index in [0.717, 1.165) is 5.56 Å². The van der Waals surface area contributed by atoms with Crippen LogP contribution in [0.5, 0.6) is 0 Å². The monoisotopic (exact) mass is 272 g/mol. The fourth-order valence-corrected chi connectivity index (χ4v) is 1.92. The van der Waals surface area contributed by atoms with Crippen molar-refractivity contribution in [3.63, 3.8) is 0 Å². The minimum atomic E-state index is -0.459. The van der Waals surface area contributed by atoms with E-state index in [2.05, 4.69) is 5.32 Å². The van der Waals surface area contributed by atoms with Crippen LogP contribution >= 0.6 is 0 Å². The molecule has 20 heavy (non-hydrogen) atoms. The molecule has 0 saturated carbocycles. The van der Waals surface area contributed by atoms with E-state index in [1.807, 2.05) is 31.2 Å². The lowest BCUT2D eigenvalue weighted by Gasteiger charge is -2.07. The number of anilines is 2. The maximum Gasteiger partial charge on any atom is 0.224 e. The van der Waals surface area contributed by atoms with Crippen LogP contribution in [0.1, 0.15) is 17.5 Å². The highest BCUT2D eigenvalue weighted by atomic mass is 19.1. The Bertz CT molecular complexity index is 588. The Kier molecular flexibility index (Phi) is 4.35. The Labute approximate surface area is 117 Å². The molecule has 0 aliphatic rings. The highest BCUT2D eigenvalue weighted by molar-refractivity contribution is 5.91. The lowest BCUT2D eigenvalue weighted by Crippen LogP contribution is -2.12. The number of nitrogens with one attached hydrogen (secondary N) is 1. The highest BCUT2D eigenvalue weighted by Gasteiger charge is 2.05. The van der Waals surface area contributed by atoms with Crippen molar-refractivity contribution in [2.24, 2.45) is 0 Å². The SMILES string of the molecule is Cc1ccc(CCC(=O)Nc2cc(N)cc(F)c2)cc1. The van der Waals surface area contributed by atoms with Gasteiger partial charge in [-0.05, 0) is 37.1 Å². The van der Waals surface area contributed by atoms with Crippen molar-refractivity contribution < 1.29 is 9.18 Å². The van der Waals surface area contributed by atoms with Gasteiger partial charge >= 0.3 is 0 Å². The van der Waals surface area contributed by atoms with Gasteiger partial charge in [-0.3, -0.25) is 4.79 Å². The van der Waals surface area contributed by atoms with Crippen molar-refractivity contribution in [2.45, 2.75) is 19.8 Å². The van der Waals surface area contributed by atoms with Crippen LogP contribution in [0.2, 0.25) is 0 Å². The first-order valence-electron chi connectivity index (χ1n) is 6.44. The number of nitrogens with two attached hydrogens (primary N) is 1. The predicted molar refractivity (Wildman–Crippen MR) is 78.9 cm³/mol. The molecular formula is C16H17FN2O. The lowest BCUT2D eigenvalue weighted by atomic mass is 10.1. The van der Waals surface area contributed by atoms with Gasteiger partial charge in [-0.1, -0.05) is 29.8 Å². The van der Waals surface area contributed by atoms with Crippen molar-refractivity contribution in [1.29, 1.82) is 0 Å². The van der Waals surface area contributed by atoms with Crippen LogP contribution in [-0.4, -0.2) is 5.91 Å². The van der Waals surface area contributed by atoms with E-state index in [0.29, 0.717) is 24.2 Å². The summed E-state index contributed by atoms with van der Waals surface area (Å²) >= 11 is 0. The van der Waals surface area contributed by atoms with E-state index in [4.69, 9.17) is 5.73 Å². The number of nitrogen functional groups attached to an aromatic ring is 1. The first kappa shape index (κ1) is 14.1. The summed E-state index contributed by atoms with van der Waals surface area (Å²) in [6.07, 6.45) is 0.996. The van der Waals surface area contributed by atoms with Gasteiger partial charge in [-0.25, -0.2) is 4.39 Å². The summed E-state index contributed by atoms with van der Waals surface area (Å²) in [7, 11) is 0.